The summed E-state index contributed by atoms with van der Waals surface area (Å²) in [5.41, 5.74) is 2.28. The number of nitrogens with one attached hydrogen (secondary N) is 1. The summed E-state index contributed by atoms with van der Waals surface area (Å²) in [6, 6.07) is 6.97. The molecule has 2 rings (SSSR count). The van der Waals surface area contributed by atoms with E-state index in [1.807, 2.05) is 12.3 Å². The van der Waals surface area contributed by atoms with Crippen molar-refractivity contribution in [1.82, 2.24) is 9.97 Å². The number of nitrogens with zero attached hydrogens (tertiary/aromatic N) is 1. The van der Waals surface area contributed by atoms with Crippen molar-refractivity contribution in [2.75, 3.05) is 0 Å². The van der Waals surface area contributed by atoms with E-state index in [4.69, 9.17) is 5.11 Å². The second-order valence-corrected chi connectivity index (χ2v) is 4.63. The van der Waals surface area contributed by atoms with E-state index >= 15 is 0 Å². The SMILES string of the molecule is CC(C)c1ncc(Cc2cccc(C(=O)O)c2)[nH]1. The Kier molecular flexibility index (Phi) is 3.46. The highest BCUT2D eigenvalue weighted by molar-refractivity contribution is 5.87. The number of rotatable bonds is 4. The molecule has 2 N–H and O–H groups in total. The summed E-state index contributed by atoms with van der Waals surface area (Å²) in [5.74, 6) is 0.424. The molecule has 1 aromatic carbocycles. The molecule has 0 saturated carbocycles. The van der Waals surface area contributed by atoms with Crippen LogP contribution in [0, 0.1) is 0 Å². The summed E-state index contributed by atoms with van der Waals surface area (Å²) >= 11 is 0. The van der Waals surface area contributed by atoms with Gasteiger partial charge in [0.25, 0.3) is 0 Å². The standard InChI is InChI=1S/C14H16N2O2/c1-9(2)13-15-8-12(16-13)7-10-4-3-5-11(6-10)14(17)18/h3-6,8-9H,7H2,1-2H3,(H,15,16)(H,17,18). The number of hydrogen-bond donors (Lipinski definition) is 2. The minimum absolute atomic E-state index is 0.316. The Morgan fingerprint density at radius 2 is 2.22 bits per heavy atom. The van der Waals surface area contributed by atoms with Crippen LogP contribution in [0.15, 0.2) is 30.5 Å². The number of aromatic amines is 1. The Hall–Kier alpha value is -2.10. The lowest BCUT2D eigenvalue weighted by atomic mass is 10.1. The lowest BCUT2D eigenvalue weighted by Gasteiger charge is -2.01. The van der Waals surface area contributed by atoms with Crippen molar-refractivity contribution in [3.05, 3.63) is 53.1 Å². The van der Waals surface area contributed by atoms with Gasteiger partial charge in [0.2, 0.25) is 0 Å². The highest BCUT2D eigenvalue weighted by atomic mass is 16.4. The molecular formula is C14H16N2O2. The summed E-state index contributed by atoms with van der Waals surface area (Å²) in [6.45, 7) is 4.15. The van der Waals surface area contributed by atoms with Crippen LogP contribution in [0.5, 0.6) is 0 Å². The smallest absolute Gasteiger partial charge is 0.335 e. The van der Waals surface area contributed by atoms with Crippen molar-refractivity contribution in [1.29, 1.82) is 0 Å². The van der Waals surface area contributed by atoms with Crippen molar-refractivity contribution < 1.29 is 9.90 Å². The number of imidazole rings is 1. The second-order valence-electron chi connectivity index (χ2n) is 4.63. The average Bonchev–Trinajstić information content (AvgIpc) is 2.78. The molecule has 0 spiro atoms. The molecule has 0 atom stereocenters. The molecule has 0 radical (unpaired) electrons. The van der Waals surface area contributed by atoms with Crippen molar-refractivity contribution in [2.24, 2.45) is 0 Å². The number of carboxylic acids is 1. The lowest BCUT2D eigenvalue weighted by molar-refractivity contribution is 0.0697. The molecule has 0 bridgehead atoms. The van der Waals surface area contributed by atoms with Gasteiger partial charge >= 0.3 is 5.97 Å². The Bertz CT molecular complexity index is 558. The number of H-pyrrole nitrogens is 1. The zero-order valence-corrected chi connectivity index (χ0v) is 10.5. The van der Waals surface area contributed by atoms with Gasteiger partial charge in [-0.05, 0) is 17.7 Å². The predicted octanol–water partition coefficient (Wildman–Crippen LogP) is 2.82. The van der Waals surface area contributed by atoms with Gasteiger partial charge in [-0.1, -0.05) is 26.0 Å². The van der Waals surface area contributed by atoms with Gasteiger partial charge in [0.05, 0.1) is 5.56 Å². The van der Waals surface area contributed by atoms with Crippen LogP contribution in [0.4, 0.5) is 0 Å². The van der Waals surface area contributed by atoms with Crippen LogP contribution in [0.2, 0.25) is 0 Å². The first kappa shape index (κ1) is 12.4. The van der Waals surface area contributed by atoms with E-state index in [1.165, 1.54) is 0 Å². The van der Waals surface area contributed by atoms with Crippen LogP contribution in [0.3, 0.4) is 0 Å². The maximum Gasteiger partial charge on any atom is 0.335 e. The van der Waals surface area contributed by atoms with E-state index in [1.54, 1.807) is 18.2 Å². The molecule has 1 heterocycles. The summed E-state index contributed by atoms with van der Waals surface area (Å²) in [5, 5.41) is 8.93. The predicted molar refractivity (Wildman–Crippen MR) is 68.9 cm³/mol. The number of carbonyl (C=O) groups is 1. The van der Waals surface area contributed by atoms with Crippen molar-refractivity contribution >= 4 is 5.97 Å². The quantitative estimate of drug-likeness (QED) is 0.869. The maximum atomic E-state index is 10.9. The van der Waals surface area contributed by atoms with E-state index in [0.717, 1.165) is 17.1 Å². The number of hydrogen-bond acceptors (Lipinski definition) is 2. The zero-order valence-electron chi connectivity index (χ0n) is 10.5. The monoisotopic (exact) mass is 244 g/mol. The van der Waals surface area contributed by atoms with Crippen LogP contribution >= 0.6 is 0 Å². The highest BCUT2D eigenvalue weighted by Gasteiger charge is 2.07. The highest BCUT2D eigenvalue weighted by Crippen LogP contribution is 2.14. The minimum atomic E-state index is -0.899. The van der Waals surface area contributed by atoms with Crippen molar-refractivity contribution in [2.45, 2.75) is 26.2 Å². The summed E-state index contributed by atoms with van der Waals surface area (Å²) in [4.78, 5) is 18.4. The first-order valence-corrected chi connectivity index (χ1v) is 5.92. The fourth-order valence-electron chi connectivity index (χ4n) is 1.79. The molecule has 2 aromatic rings. The van der Waals surface area contributed by atoms with E-state index in [0.29, 0.717) is 17.9 Å². The zero-order chi connectivity index (χ0) is 13.1. The van der Waals surface area contributed by atoms with E-state index in [2.05, 4.69) is 23.8 Å². The van der Waals surface area contributed by atoms with Gasteiger partial charge in [-0.25, -0.2) is 9.78 Å². The largest absolute Gasteiger partial charge is 0.478 e. The molecule has 0 saturated heterocycles. The lowest BCUT2D eigenvalue weighted by Crippen LogP contribution is -1.98. The molecular weight excluding hydrogens is 228 g/mol. The number of carboxylic acid groups (broad SMARTS) is 1. The molecule has 0 amide bonds. The maximum absolute atomic E-state index is 10.9. The van der Waals surface area contributed by atoms with E-state index < -0.39 is 5.97 Å². The Labute approximate surface area is 106 Å². The van der Waals surface area contributed by atoms with Gasteiger partial charge in [-0.15, -0.1) is 0 Å². The molecule has 18 heavy (non-hydrogen) atoms. The number of aromatic nitrogens is 2. The van der Waals surface area contributed by atoms with Crippen LogP contribution in [-0.2, 0) is 6.42 Å². The summed E-state index contributed by atoms with van der Waals surface area (Å²) in [6.07, 6.45) is 2.48. The molecule has 0 aliphatic heterocycles. The average molecular weight is 244 g/mol. The van der Waals surface area contributed by atoms with Crippen molar-refractivity contribution in [3.8, 4) is 0 Å². The van der Waals surface area contributed by atoms with Gasteiger partial charge in [0.1, 0.15) is 5.82 Å². The molecule has 1 aromatic heterocycles. The van der Waals surface area contributed by atoms with Gasteiger partial charge in [-0.3, -0.25) is 0 Å². The normalized spacial score (nSPS) is 10.8. The number of benzene rings is 1. The summed E-state index contributed by atoms with van der Waals surface area (Å²) < 4.78 is 0. The van der Waals surface area contributed by atoms with Gasteiger partial charge in [0, 0.05) is 24.2 Å². The first-order chi connectivity index (χ1) is 8.56. The summed E-state index contributed by atoms with van der Waals surface area (Å²) in [7, 11) is 0. The second kappa shape index (κ2) is 5.04. The van der Waals surface area contributed by atoms with Crippen LogP contribution in [0.25, 0.3) is 0 Å². The molecule has 94 valence electrons. The Morgan fingerprint density at radius 3 is 2.83 bits per heavy atom. The van der Waals surface area contributed by atoms with Crippen LogP contribution in [-0.4, -0.2) is 21.0 Å². The Balaban J connectivity index is 2.17. The molecule has 4 nitrogen and oxygen atoms in total. The van der Waals surface area contributed by atoms with Gasteiger partial charge in [0.15, 0.2) is 0 Å². The van der Waals surface area contributed by atoms with Crippen LogP contribution in [0.1, 0.15) is 47.2 Å². The van der Waals surface area contributed by atoms with E-state index in [9.17, 15) is 4.79 Å². The number of aromatic carboxylic acids is 1. The fraction of sp³-hybridized carbons (Fsp3) is 0.286. The third-order valence-corrected chi connectivity index (χ3v) is 2.76. The van der Waals surface area contributed by atoms with Gasteiger partial charge < -0.3 is 10.1 Å². The third-order valence-electron chi connectivity index (χ3n) is 2.76. The van der Waals surface area contributed by atoms with E-state index in [-0.39, 0.29) is 0 Å². The minimum Gasteiger partial charge on any atom is -0.478 e. The fourth-order valence-corrected chi connectivity index (χ4v) is 1.79. The molecule has 0 aliphatic rings. The first-order valence-electron chi connectivity index (χ1n) is 5.92. The van der Waals surface area contributed by atoms with Gasteiger partial charge in [-0.2, -0.15) is 0 Å². The topological polar surface area (TPSA) is 66.0 Å². The molecule has 0 fully saturated rings. The van der Waals surface area contributed by atoms with Crippen molar-refractivity contribution in [3.63, 3.8) is 0 Å². The molecule has 0 aliphatic carbocycles. The third kappa shape index (κ3) is 2.77. The Morgan fingerprint density at radius 1 is 1.44 bits per heavy atom. The molecule has 4 heteroatoms. The van der Waals surface area contributed by atoms with Crippen LogP contribution < -0.4 is 0 Å². The molecule has 0 unspecified atom stereocenters.